The largest absolute Gasteiger partial charge is 0.338 e. The molecule has 0 fully saturated rings. The molecule has 0 radical (unpaired) electrons. The van der Waals surface area contributed by atoms with Crippen molar-refractivity contribution >= 4 is 11.8 Å². The van der Waals surface area contributed by atoms with Crippen LogP contribution < -0.4 is 0 Å². The van der Waals surface area contributed by atoms with Crippen molar-refractivity contribution < 1.29 is 4.52 Å². The molecule has 8 heteroatoms. The van der Waals surface area contributed by atoms with E-state index in [0.29, 0.717) is 28.5 Å². The second-order valence-corrected chi connectivity index (χ2v) is 8.13. The third kappa shape index (κ3) is 4.07. The summed E-state index contributed by atoms with van der Waals surface area (Å²) in [7, 11) is 0. The summed E-state index contributed by atoms with van der Waals surface area (Å²) >= 11 is 1.46. The van der Waals surface area contributed by atoms with Crippen molar-refractivity contribution in [1.82, 2.24) is 30.3 Å². The van der Waals surface area contributed by atoms with Crippen LogP contribution in [-0.4, -0.2) is 30.3 Å². The van der Waals surface area contributed by atoms with E-state index < -0.39 is 0 Å². The van der Waals surface area contributed by atoms with E-state index in [0.717, 1.165) is 22.4 Å². The molecule has 148 valence electrons. The lowest BCUT2D eigenvalue weighted by Crippen LogP contribution is -2.04. The molecule has 7 nitrogen and oxygen atoms in total. The molecule has 0 aliphatic rings. The lowest BCUT2D eigenvalue weighted by Gasteiger charge is -2.09. The molecule has 2 heterocycles. The first-order valence-corrected chi connectivity index (χ1v) is 10.4. The first-order valence-electron chi connectivity index (χ1n) is 9.43. The highest BCUT2D eigenvalue weighted by molar-refractivity contribution is 7.98. The van der Waals surface area contributed by atoms with Gasteiger partial charge < -0.3 is 4.52 Å². The van der Waals surface area contributed by atoms with Crippen molar-refractivity contribution in [2.75, 3.05) is 0 Å². The summed E-state index contributed by atoms with van der Waals surface area (Å²) in [4.78, 5) is 4.52. The van der Waals surface area contributed by atoms with E-state index in [9.17, 15) is 0 Å². The highest BCUT2D eigenvalue weighted by Crippen LogP contribution is 2.26. The standard InChI is InChI=1S/C21H22N6OS/c1-13(2)16-8-10-17(11-9-16)20-22-18(28-24-20)12-29-21-23-25-26-27(21)19-14(3)6-5-7-15(19)4/h5-11,13H,12H2,1-4H3. The predicted molar refractivity (Wildman–Crippen MR) is 112 cm³/mol. The average molecular weight is 407 g/mol. The van der Waals surface area contributed by atoms with E-state index in [4.69, 9.17) is 4.52 Å². The van der Waals surface area contributed by atoms with E-state index in [1.807, 2.05) is 44.2 Å². The Morgan fingerprint density at radius 2 is 1.76 bits per heavy atom. The maximum Gasteiger partial charge on any atom is 0.237 e. The molecule has 0 spiro atoms. The Labute approximate surface area is 173 Å². The van der Waals surface area contributed by atoms with Gasteiger partial charge in [-0.3, -0.25) is 0 Å². The predicted octanol–water partition coefficient (Wildman–Crippen LogP) is 4.74. The summed E-state index contributed by atoms with van der Waals surface area (Å²) in [5.74, 6) is 2.10. The Bertz CT molecular complexity index is 1100. The van der Waals surface area contributed by atoms with Crippen LogP contribution in [-0.2, 0) is 5.75 Å². The number of aryl methyl sites for hydroxylation is 2. The van der Waals surface area contributed by atoms with Crippen molar-refractivity contribution in [2.45, 2.75) is 44.5 Å². The molecular formula is C21H22N6OS. The number of thioether (sulfide) groups is 1. The SMILES string of the molecule is Cc1cccc(C)c1-n1nnnc1SCc1nc(-c2ccc(C(C)C)cc2)no1. The first kappa shape index (κ1) is 19.3. The molecule has 2 aromatic carbocycles. The smallest absolute Gasteiger partial charge is 0.237 e. The fourth-order valence-corrected chi connectivity index (χ4v) is 3.84. The summed E-state index contributed by atoms with van der Waals surface area (Å²) in [6, 6.07) is 14.4. The number of hydrogen-bond acceptors (Lipinski definition) is 7. The molecule has 0 unspecified atom stereocenters. The van der Waals surface area contributed by atoms with E-state index >= 15 is 0 Å². The molecule has 4 aromatic rings. The Morgan fingerprint density at radius 3 is 2.45 bits per heavy atom. The number of para-hydroxylation sites is 1. The quantitative estimate of drug-likeness (QED) is 0.428. The van der Waals surface area contributed by atoms with Gasteiger partial charge in [0.25, 0.3) is 0 Å². The van der Waals surface area contributed by atoms with Crippen molar-refractivity contribution in [3.05, 3.63) is 65.0 Å². The maximum absolute atomic E-state index is 5.43. The van der Waals surface area contributed by atoms with Crippen LogP contribution in [0.25, 0.3) is 17.1 Å². The van der Waals surface area contributed by atoms with Gasteiger partial charge in [-0.1, -0.05) is 73.2 Å². The third-order valence-corrected chi connectivity index (χ3v) is 5.62. The third-order valence-electron chi connectivity index (χ3n) is 4.72. The van der Waals surface area contributed by atoms with Gasteiger partial charge >= 0.3 is 0 Å². The Kier molecular flexibility index (Phi) is 5.44. The van der Waals surface area contributed by atoms with Gasteiger partial charge in [0.15, 0.2) is 0 Å². The summed E-state index contributed by atoms with van der Waals surface area (Å²) in [5, 5.41) is 17.0. The summed E-state index contributed by atoms with van der Waals surface area (Å²) in [6.45, 7) is 8.44. The molecule has 0 atom stereocenters. The van der Waals surface area contributed by atoms with Gasteiger partial charge in [-0.2, -0.15) is 9.67 Å². The maximum atomic E-state index is 5.43. The molecular weight excluding hydrogens is 384 g/mol. The van der Waals surface area contributed by atoms with Crippen molar-refractivity contribution in [3.8, 4) is 17.1 Å². The molecule has 0 aliphatic carbocycles. The Hall–Kier alpha value is -3.00. The summed E-state index contributed by atoms with van der Waals surface area (Å²) in [5.41, 5.74) is 5.45. The second-order valence-electron chi connectivity index (χ2n) is 7.19. The van der Waals surface area contributed by atoms with Crippen LogP contribution in [0, 0.1) is 13.8 Å². The lowest BCUT2D eigenvalue weighted by molar-refractivity contribution is 0.391. The highest BCUT2D eigenvalue weighted by Gasteiger charge is 2.16. The fraction of sp³-hybridized carbons (Fsp3) is 0.286. The van der Waals surface area contributed by atoms with Crippen LogP contribution >= 0.6 is 11.8 Å². The molecule has 0 aliphatic heterocycles. The Balaban J connectivity index is 1.50. The van der Waals surface area contributed by atoms with Gasteiger partial charge in [0.2, 0.25) is 16.9 Å². The van der Waals surface area contributed by atoms with Crippen molar-refractivity contribution in [2.24, 2.45) is 0 Å². The monoisotopic (exact) mass is 406 g/mol. The molecule has 29 heavy (non-hydrogen) atoms. The zero-order valence-electron chi connectivity index (χ0n) is 16.8. The van der Waals surface area contributed by atoms with Crippen molar-refractivity contribution in [3.63, 3.8) is 0 Å². The van der Waals surface area contributed by atoms with Crippen molar-refractivity contribution in [1.29, 1.82) is 0 Å². The van der Waals surface area contributed by atoms with E-state index in [2.05, 4.69) is 51.6 Å². The van der Waals surface area contributed by atoms with E-state index in [-0.39, 0.29) is 0 Å². The van der Waals surface area contributed by atoms with Crippen LogP contribution in [0.2, 0.25) is 0 Å². The van der Waals surface area contributed by atoms with E-state index in [1.54, 1.807) is 4.68 Å². The van der Waals surface area contributed by atoms with Crippen LogP contribution in [0.1, 0.15) is 42.3 Å². The van der Waals surface area contributed by atoms with Gasteiger partial charge in [-0.25, -0.2) is 0 Å². The molecule has 4 rings (SSSR count). The lowest BCUT2D eigenvalue weighted by atomic mass is 10.0. The summed E-state index contributed by atoms with van der Waals surface area (Å²) < 4.78 is 7.19. The Morgan fingerprint density at radius 1 is 1.03 bits per heavy atom. The fourth-order valence-electron chi connectivity index (χ4n) is 3.12. The molecule has 0 N–H and O–H groups in total. The minimum atomic E-state index is 0.488. The minimum Gasteiger partial charge on any atom is -0.338 e. The first-order chi connectivity index (χ1) is 14.0. The number of nitrogens with zero attached hydrogens (tertiary/aromatic N) is 6. The molecule has 2 aromatic heterocycles. The van der Waals surface area contributed by atoms with E-state index in [1.165, 1.54) is 17.3 Å². The van der Waals surface area contributed by atoms with Crippen LogP contribution in [0.5, 0.6) is 0 Å². The number of hydrogen-bond donors (Lipinski definition) is 0. The zero-order valence-corrected chi connectivity index (χ0v) is 17.6. The normalized spacial score (nSPS) is 11.3. The van der Waals surface area contributed by atoms with Gasteiger partial charge in [0, 0.05) is 5.56 Å². The number of aromatic nitrogens is 6. The highest BCUT2D eigenvalue weighted by atomic mass is 32.2. The van der Waals surface area contributed by atoms with Crippen LogP contribution in [0.15, 0.2) is 52.1 Å². The van der Waals surface area contributed by atoms with Crippen LogP contribution in [0.3, 0.4) is 0 Å². The van der Waals surface area contributed by atoms with Gasteiger partial charge in [0.05, 0.1) is 11.4 Å². The van der Waals surface area contributed by atoms with Crippen LogP contribution in [0.4, 0.5) is 0 Å². The topological polar surface area (TPSA) is 82.5 Å². The number of rotatable bonds is 6. The number of benzene rings is 2. The minimum absolute atomic E-state index is 0.488. The second kappa shape index (κ2) is 8.16. The molecule has 0 saturated carbocycles. The molecule has 0 bridgehead atoms. The van der Waals surface area contributed by atoms with Gasteiger partial charge in [-0.15, -0.1) is 5.10 Å². The number of tetrazole rings is 1. The molecule has 0 saturated heterocycles. The zero-order chi connectivity index (χ0) is 20.4. The average Bonchev–Trinajstić information content (AvgIpc) is 3.36. The van der Waals surface area contributed by atoms with Gasteiger partial charge in [-0.05, 0) is 46.9 Å². The van der Waals surface area contributed by atoms with Gasteiger partial charge in [0.1, 0.15) is 0 Å². The summed E-state index contributed by atoms with van der Waals surface area (Å²) in [6.07, 6.45) is 0. The molecule has 0 amide bonds.